The van der Waals surface area contributed by atoms with Crippen LogP contribution in [0.5, 0.6) is 0 Å². The van der Waals surface area contributed by atoms with Crippen LogP contribution in [-0.2, 0) is 0 Å². The number of fused-ring (bicyclic) bond motifs is 2. The first-order valence-corrected chi connectivity index (χ1v) is 5.85. The van der Waals surface area contributed by atoms with E-state index in [9.17, 15) is 0 Å². The topological polar surface area (TPSA) is 3.24 Å². The highest BCUT2D eigenvalue weighted by atomic mass is 15.1. The van der Waals surface area contributed by atoms with E-state index in [-0.39, 0.29) is 0 Å². The zero-order chi connectivity index (χ0) is 9.42. The van der Waals surface area contributed by atoms with Gasteiger partial charge in [0.15, 0.2) is 0 Å². The molecule has 0 aromatic carbocycles. The van der Waals surface area contributed by atoms with Crippen molar-refractivity contribution in [3.63, 3.8) is 0 Å². The lowest BCUT2D eigenvalue weighted by molar-refractivity contribution is 0.116. The molecule has 1 aliphatic carbocycles. The Morgan fingerprint density at radius 1 is 1.15 bits per heavy atom. The van der Waals surface area contributed by atoms with E-state index in [1.807, 2.05) is 0 Å². The molecule has 0 N–H and O–H groups in total. The third-order valence-electron chi connectivity index (χ3n) is 3.96. The number of piperidine rings is 1. The van der Waals surface area contributed by atoms with E-state index in [0.717, 1.165) is 23.7 Å². The summed E-state index contributed by atoms with van der Waals surface area (Å²) >= 11 is 0. The molecule has 1 aliphatic heterocycles. The molecule has 2 rings (SSSR count). The number of rotatable bonds is 2. The van der Waals surface area contributed by atoms with Crippen LogP contribution in [-0.4, -0.2) is 25.0 Å². The molecule has 2 bridgehead atoms. The van der Waals surface area contributed by atoms with Gasteiger partial charge in [0.1, 0.15) is 0 Å². The van der Waals surface area contributed by atoms with Crippen molar-refractivity contribution in [3.8, 4) is 0 Å². The lowest BCUT2D eigenvalue weighted by Crippen LogP contribution is -2.39. The Bertz CT molecular complexity index is 162. The second kappa shape index (κ2) is 3.61. The van der Waals surface area contributed by atoms with Crippen LogP contribution in [0.2, 0.25) is 0 Å². The largest absolute Gasteiger partial charge is 0.306 e. The summed E-state index contributed by atoms with van der Waals surface area (Å²) in [5, 5.41) is 0. The Kier molecular flexibility index (Phi) is 2.64. The van der Waals surface area contributed by atoms with Crippen molar-refractivity contribution in [1.82, 2.24) is 4.90 Å². The van der Waals surface area contributed by atoms with E-state index in [1.165, 1.54) is 32.4 Å². The molecule has 0 aromatic heterocycles. The molecular formula is C12H23N. The third-order valence-corrected chi connectivity index (χ3v) is 3.96. The summed E-state index contributed by atoms with van der Waals surface area (Å²) < 4.78 is 0. The zero-order valence-corrected chi connectivity index (χ0v) is 9.29. The van der Waals surface area contributed by atoms with Gasteiger partial charge in [-0.25, -0.2) is 0 Å². The van der Waals surface area contributed by atoms with E-state index in [2.05, 4.69) is 25.8 Å². The van der Waals surface area contributed by atoms with Crippen LogP contribution in [0.4, 0.5) is 0 Å². The Balaban J connectivity index is 1.98. The molecule has 1 saturated heterocycles. The molecule has 13 heavy (non-hydrogen) atoms. The zero-order valence-electron chi connectivity index (χ0n) is 9.29. The highest BCUT2D eigenvalue weighted by Crippen LogP contribution is 2.44. The summed E-state index contributed by atoms with van der Waals surface area (Å²) in [6.45, 7) is 7.48. The normalized spacial score (nSPS) is 40.2. The van der Waals surface area contributed by atoms with Crippen LogP contribution in [0.1, 0.15) is 33.1 Å². The number of hydrogen-bond acceptors (Lipinski definition) is 1. The second-order valence-electron chi connectivity index (χ2n) is 5.61. The smallest absolute Gasteiger partial charge is 0.000949 e. The maximum atomic E-state index is 2.54. The fourth-order valence-corrected chi connectivity index (χ4v) is 3.50. The average molecular weight is 181 g/mol. The van der Waals surface area contributed by atoms with Gasteiger partial charge in [-0.15, -0.1) is 0 Å². The summed E-state index contributed by atoms with van der Waals surface area (Å²) in [5.41, 5.74) is 0. The summed E-state index contributed by atoms with van der Waals surface area (Å²) in [4.78, 5) is 2.54. The minimum atomic E-state index is 0.900. The fraction of sp³-hybridized carbons (Fsp3) is 1.00. The predicted octanol–water partition coefficient (Wildman–Crippen LogP) is 2.62. The van der Waals surface area contributed by atoms with Gasteiger partial charge in [-0.1, -0.05) is 13.8 Å². The first-order chi connectivity index (χ1) is 6.16. The van der Waals surface area contributed by atoms with Crippen LogP contribution in [0.25, 0.3) is 0 Å². The average Bonchev–Trinajstić information content (AvgIpc) is 2.32. The summed E-state index contributed by atoms with van der Waals surface area (Å²) in [6, 6.07) is 0. The molecule has 2 unspecified atom stereocenters. The number of nitrogens with zero attached hydrogens (tertiary/aromatic N) is 1. The van der Waals surface area contributed by atoms with Gasteiger partial charge in [-0.2, -0.15) is 0 Å². The van der Waals surface area contributed by atoms with Gasteiger partial charge in [0.05, 0.1) is 0 Å². The van der Waals surface area contributed by atoms with Crippen LogP contribution >= 0.6 is 0 Å². The molecule has 2 atom stereocenters. The molecule has 0 radical (unpaired) electrons. The highest BCUT2D eigenvalue weighted by molar-refractivity contribution is 4.92. The molecule has 2 fully saturated rings. The predicted molar refractivity (Wildman–Crippen MR) is 56.7 cm³/mol. The van der Waals surface area contributed by atoms with Crippen LogP contribution < -0.4 is 0 Å². The Morgan fingerprint density at radius 3 is 2.15 bits per heavy atom. The van der Waals surface area contributed by atoms with Crippen molar-refractivity contribution in [2.75, 3.05) is 20.1 Å². The second-order valence-corrected chi connectivity index (χ2v) is 5.61. The van der Waals surface area contributed by atoms with Crippen molar-refractivity contribution >= 4 is 0 Å². The quantitative estimate of drug-likeness (QED) is 0.633. The van der Waals surface area contributed by atoms with Crippen molar-refractivity contribution in [2.24, 2.45) is 23.7 Å². The van der Waals surface area contributed by atoms with Gasteiger partial charge < -0.3 is 4.90 Å². The van der Waals surface area contributed by atoms with E-state index >= 15 is 0 Å². The van der Waals surface area contributed by atoms with Gasteiger partial charge in [-0.05, 0) is 50.0 Å². The molecule has 1 nitrogen and oxygen atoms in total. The lowest BCUT2D eigenvalue weighted by Gasteiger charge is -2.36. The molecule has 1 saturated carbocycles. The molecule has 0 aromatic rings. The van der Waals surface area contributed by atoms with Crippen molar-refractivity contribution < 1.29 is 0 Å². The van der Waals surface area contributed by atoms with Gasteiger partial charge in [-0.3, -0.25) is 0 Å². The van der Waals surface area contributed by atoms with Crippen LogP contribution in [0.15, 0.2) is 0 Å². The highest BCUT2D eigenvalue weighted by Gasteiger charge is 2.40. The summed E-state index contributed by atoms with van der Waals surface area (Å²) in [5.74, 6) is 4.03. The van der Waals surface area contributed by atoms with Gasteiger partial charge in [0.25, 0.3) is 0 Å². The lowest BCUT2D eigenvalue weighted by atomic mass is 9.80. The molecule has 0 spiro atoms. The monoisotopic (exact) mass is 181 g/mol. The van der Waals surface area contributed by atoms with E-state index < -0.39 is 0 Å². The third kappa shape index (κ3) is 1.90. The van der Waals surface area contributed by atoms with Gasteiger partial charge in [0.2, 0.25) is 0 Å². The number of hydrogen-bond donors (Lipinski definition) is 0. The van der Waals surface area contributed by atoms with Crippen molar-refractivity contribution in [3.05, 3.63) is 0 Å². The van der Waals surface area contributed by atoms with Crippen LogP contribution in [0, 0.1) is 23.7 Å². The fourth-order valence-electron chi connectivity index (χ4n) is 3.50. The first kappa shape index (κ1) is 9.51. The molecule has 1 heterocycles. The van der Waals surface area contributed by atoms with Crippen molar-refractivity contribution in [2.45, 2.75) is 33.1 Å². The number of likely N-dealkylation sites (tertiary alicyclic amines) is 1. The standard InChI is InChI=1S/C12H23N/c1-9(2)6-12-10-4-5-11(12)8-13(3)7-10/h9-12H,4-8H2,1-3H3. The van der Waals surface area contributed by atoms with Gasteiger partial charge >= 0.3 is 0 Å². The Morgan fingerprint density at radius 2 is 1.69 bits per heavy atom. The molecule has 76 valence electrons. The minimum absolute atomic E-state index is 0.900. The van der Waals surface area contributed by atoms with Crippen LogP contribution in [0.3, 0.4) is 0 Å². The summed E-state index contributed by atoms with van der Waals surface area (Å²) in [6.07, 6.45) is 4.49. The minimum Gasteiger partial charge on any atom is -0.306 e. The van der Waals surface area contributed by atoms with E-state index in [1.54, 1.807) is 0 Å². The van der Waals surface area contributed by atoms with Crippen molar-refractivity contribution in [1.29, 1.82) is 0 Å². The summed E-state index contributed by atoms with van der Waals surface area (Å²) in [7, 11) is 2.29. The Labute approximate surface area is 82.5 Å². The van der Waals surface area contributed by atoms with Gasteiger partial charge in [0, 0.05) is 13.1 Å². The van der Waals surface area contributed by atoms with E-state index in [4.69, 9.17) is 0 Å². The maximum absolute atomic E-state index is 2.54. The maximum Gasteiger partial charge on any atom is 0.000949 e. The molecule has 0 amide bonds. The molecule has 2 aliphatic rings. The molecular weight excluding hydrogens is 158 g/mol. The first-order valence-electron chi connectivity index (χ1n) is 5.85. The Hall–Kier alpha value is -0.0400. The van der Waals surface area contributed by atoms with E-state index in [0.29, 0.717) is 0 Å². The molecule has 1 heteroatoms. The SMILES string of the molecule is CC(C)CC1C2CCC1CN(C)C2.